The zero-order valence-electron chi connectivity index (χ0n) is 12.1. The number of aromatic hydroxyl groups is 1. The van der Waals surface area contributed by atoms with Crippen LogP contribution in [0.1, 0.15) is 25.8 Å². The Labute approximate surface area is 131 Å². The van der Waals surface area contributed by atoms with Crippen molar-refractivity contribution in [1.82, 2.24) is 9.97 Å². The Morgan fingerprint density at radius 1 is 1.38 bits per heavy atom. The van der Waals surface area contributed by atoms with E-state index >= 15 is 0 Å². The molecule has 1 aromatic heterocycles. The summed E-state index contributed by atoms with van der Waals surface area (Å²) in [5.41, 5.74) is 0.359. The van der Waals surface area contributed by atoms with Crippen molar-refractivity contribution in [3.05, 3.63) is 44.9 Å². The molecular weight excluding hydrogens is 336 g/mol. The van der Waals surface area contributed by atoms with Gasteiger partial charge in [-0.2, -0.15) is 4.98 Å². The number of rotatable bonds is 4. The van der Waals surface area contributed by atoms with Gasteiger partial charge in [0.25, 0.3) is 5.56 Å². The van der Waals surface area contributed by atoms with Crippen LogP contribution in [-0.4, -0.2) is 22.2 Å². The number of hydrogen-bond acceptors (Lipinski definition) is 4. The van der Waals surface area contributed by atoms with Gasteiger partial charge in [-0.1, -0.05) is 41.9 Å². The smallest absolute Gasteiger partial charge is 0.262 e. The standard InChI is InChI=1S/C15H17BrN2O3/c1-8(2)12(21-3)13-17-14(19)11(15(20)18-13)9-5-4-6-10(16)7-9/h4-8,12H,1-3H3,(H2,17,18,19,20). The van der Waals surface area contributed by atoms with Crippen molar-refractivity contribution in [3.63, 3.8) is 0 Å². The van der Waals surface area contributed by atoms with Crippen LogP contribution < -0.4 is 5.56 Å². The number of benzene rings is 1. The highest BCUT2D eigenvalue weighted by Crippen LogP contribution is 2.28. The SMILES string of the molecule is COC(c1nc(O)c(-c2cccc(Br)c2)c(=O)[nH]1)C(C)C. The van der Waals surface area contributed by atoms with Crippen LogP contribution in [-0.2, 0) is 4.74 Å². The van der Waals surface area contributed by atoms with Crippen LogP contribution in [0.25, 0.3) is 11.1 Å². The van der Waals surface area contributed by atoms with Gasteiger partial charge in [0.1, 0.15) is 17.5 Å². The molecule has 0 aliphatic heterocycles. The molecule has 0 fully saturated rings. The van der Waals surface area contributed by atoms with E-state index in [4.69, 9.17) is 4.74 Å². The maximum atomic E-state index is 12.3. The minimum atomic E-state index is -0.390. The zero-order chi connectivity index (χ0) is 15.6. The number of aromatic amines is 1. The van der Waals surface area contributed by atoms with Crippen molar-refractivity contribution in [1.29, 1.82) is 0 Å². The summed E-state index contributed by atoms with van der Waals surface area (Å²) in [6, 6.07) is 7.13. The van der Waals surface area contributed by atoms with E-state index in [9.17, 15) is 9.90 Å². The number of methoxy groups -OCH3 is 1. The van der Waals surface area contributed by atoms with Crippen LogP contribution in [0.4, 0.5) is 0 Å². The van der Waals surface area contributed by atoms with E-state index in [0.717, 1.165) is 4.47 Å². The Hall–Kier alpha value is -1.66. The molecule has 2 aromatic rings. The van der Waals surface area contributed by atoms with Crippen LogP contribution in [0.2, 0.25) is 0 Å². The predicted molar refractivity (Wildman–Crippen MR) is 84.2 cm³/mol. The summed E-state index contributed by atoms with van der Waals surface area (Å²) in [5, 5.41) is 10.1. The van der Waals surface area contributed by atoms with E-state index in [0.29, 0.717) is 11.4 Å². The molecule has 0 aliphatic rings. The van der Waals surface area contributed by atoms with Gasteiger partial charge >= 0.3 is 0 Å². The molecule has 5 nitrogen and oxygen atoms in total. The molecule has 2 N–H and O–H groups in total. The van der Waals surface area contributed by atoms with Crippen molar-refractivity contribution < 1.29 is 9.84 Å². The summed E-state index contributed by atoms with van der Waals surface area (Å²) in [4.78, 5) is 19.1. The Balaban J connectivity index is 2.55. The predicted octanol–water partition coefficient (Wildman–Crippen LogP) is 3.25. The van der Waals surface area contributed by atoms with Gasteiger partial charge in [-0.15, -0.1) is 0 Å². The molecule has 0 spiro atoms. The third-order valence-corrected chi connectivity index (χ3v) is 3.65. The molecule has 1 atom stereocenters. The van der Waals surface area contributed by atoms with E-state index < -0.39 is 5.56 Å². The average molecular weight is 353 g/mol. The molecule has 1 aromatic carbocycles. The summed E-state index contributed by atoms with van der Waals surface area (Å²) >= 11 is 3.34. The minimum Gasteiger partial charge on any atom is -0.493 e. The molecule has 112 valence electrons. The fourth-order valence-corrected chi connectivity index (χ4v) is 2.62. The summed E-state index contributed by atoms with van der Waals surface area (Å²) in [6.07, 6.45) is -0.375. The number of ether oxygens (including phenoxy) is 1. The van der Waals surface area contributed by atoms with Crippen molar-refractivity contribution in [2.24, 2.45) is 5.92 Å². The first-order valence-corrected chi connectivity index (χ1v) is 7.35. The number of nitrogens with zero attached hydrogens (tertiary/aromatic N) is 1. The molecule has 1 unspecified atom stereocenters. The first-order valence-electron chi connectivity index (χ1n) is 6.56. The van der Waals surface area contributed by atoms with Gasteiger partial charge in [-0.3, -0.25) is 4.79 Å². The second-order valence-corrected chi connectivity index (χ2v) is 5.98. The molecular formula is C15H17BrN2O3. The summed E-state index contributed by atoms with van der Waals surface area (Å²) in [6.45, 7) is 3.90. The number of H-pyrrole nitrogens is 1. The Bertz CT molecular complexity index is 698. The molecule has 0 radical (unpaired) electrons. The van der Waals surface area contributed by atoms with Gasteiger partial charge in [0.2, 0.25) is 5.88 Å². The van der Waals surface area contributed by atoms with Crippen molar-refractivity contribution in [2.45, 2.75) is 20.0 Å². The molecule has 0 saturated heterocycles. The molecule has 1 heterocycles. The summed E-state index contributed by atoms with van der Waals surface area (Å²) in [5.74, 6) is 0.151. The van der Waals surface area contributed by atoms with Crippen LogP contribution in [0, 0.1) is 5.92 Å². The van der Waals surface area contributed by atoms with E-state index in [1.54, 1.807) is 25.3 Å². The Morgan fingerprint density at radius 2 is 2.10 bits per heavy atom. The van der Waals surface area contributed by atoms with Gasteiger partial charge in [0.15, 0.2) is 0 Å². The molecule has 6 heteroatoms. The average Bonchev–Trinajstić information content (AvgIpc) is 2.38. The summed E-state index contributed by atoms with van der Waals surface area (Å²) < 4.78 is 6.14. The highest BCUT2D eigenvalue weighted by atomic mass is 79.9. The lowest BCUT2D eigenvalue weighted by Gasteiger charge is -2.18. The lowest BCUT2D eigenvalue weighted by molar-refractivity contribution is 0.0568. The lowest BCUT2D eigenvalue weighted by atomic mass is 10.1. The fourth-order valence-electron chi connectivity index (χ4n) is 2.22. The second-order valence-electron chi connectivity index (χ2n) is 5.06. The molecule has 0 saturated carbocycles. The van der Waals surface area contributed by atoms with Crippen molar-refractivity contribution >= 4 is 15.9 Å². The third kappa shape index (κ3) is 3.33. The fraction of sp³-hybridized carbons (Fsp3) is 0.333. The summed E-state index contributed by atoms with van der Waals surface area (Å²) in [7, 11) is 1.55. The van der Waals surface area contributed by atoms with E-state index in [-0.39, 0.29) is 23.5 Å². The first kappa shape index (κ1) is 15.7. The first-order chi connectivity index (χ1) is 9.93. The molecule has 0 amide bonds. The topological polar surface area (TPSA) is 75.2 Å². The van der Waals surface area contributed by atoms with Crippen molar-refractivity contribution in [3.8, 4) is 17.0 Å². The van der Waals surface area contributed by atoms with E-state index in [2.05, 4.69) is 25.9 Å². The number of halogens is 1. The van der Waals surface area contributed by atoms with Gasteiger partial charge in [0, 0.05) is 11.6 Å². The second kappa shape index (κ2) is 6.41. The maximum Gasteiger partial charge on any atom is 0.262 e. The lowest BCUT2D eigenvalue weighted by Crippen LogP contribution is -2.20. The third-order valence-electron chi connectivity index (χ3n) is 3.16. The van der Waals surface area contributed by atoms with Crippen LogP contribution in [0.3, 0.4) is 0 Å². The minimum absolute atomic E-state index is 0.120. The Kier molecular flexibility index (Phi) is 4.80. The van der Waals surface area contributed by atoms with Crippen molar-refractivity contribution in [2.75, 3.05) is 7.11 Å². The zero-order valence-corrected chi connectivity index (χ0v) is 13.6. The number of aromatic nitrogens is 2. The number of hydrogen-bond donors (Lipinski definition) is 2. The maximum absolute atomic E-state index is 12.3. The van der Waals surface area contributed by atoms with Crippen LogP contribution in [0.15, 0.2) is 33.5 Å². The van der Waals surface area contributed by atoms with Gasteiger partial charge in [0.05, 0.1) is 0 Å². The molecule has 0 aliphatic carbocycles. The molecule has 2 rings (SSSR count). The highest BCUT2D eigenvalue weighted by molar-refractivity contribution is 9.10. The van der Waals surface area contributed by atoms with Gasteiger partial charge < -0.3 is 14.8 Å². The van der Waals surface area contributed by atoms with Gasteiger partial charge in [-0.05, 0) is 23.6 Å². The highest BCUT2D eigenvalue weighted by Gasteiger charge is 2.21. The quantitative estimate of drug-likeness (QED) is 0.885. The van der Waals surface area contributed by atoms with E-state index in [1.807, 2.05) is 19.9 Å². The molecule has 0 bridgehead atoms. The van der Waals surface area contributed by atoms with Gasteiger partial charge in [-0.25, -0.2) is 0 Å². The van der Waals surface area contributed by atoms with Crippen LogP contribution >= 0.6 is 15.9 Å². The largest absolute Gasteiger partial charge is 0.493 e. The molecule has 21 heavy (non-hydrogen) atoms. The van der Waals surface area contributed by atoms with E-state index in [1.165, 1.54) is 0 Å². The normalized spacial score (nSPS) is 12.6. The number of nitrogens with one attached hydrogen (secondary N) is 1. The Morgan fingerprint density at radius 3 is 2.62 bits per heavy atom. The monoisotopic (exact) mass is 352 g/mol. The van der Waals surface area contributed by atoms with Crippen LogP contribution in [0.5, 0.6) is 5.88 Å².